The number of ether oxygens (including phenoxy) is 3. The molecule has 2 atom stereocenters. The van der Waals surface area contributed by atoms with Crippen molar-refractivity contribution in [2.24, 2.45) is 0 Å². The third-order valence-electron chi connectivity index (χ3n) is 6.61. The van der Waals surface area contributed by atoms with E-state index in [9.17, 15) is 14.4 Å². The summed E-state index contributed by atoms with van der Waals surface area (Å²) in [5, 5.41) is 5.62. The minimum atomic E-state index is -0.894. The largest absolute Gasteiger partial charge is 0.489 e. The molecule has 1 aliphatic carbocycles. The fourth-order valence-electron chi connectivity index (χ4n) is 4.58. The number of benzene rings is 3. The Morgan fingerprint density at radius 3 is 2.27 bits per heavy atom. The highest BCUT2D eigenvalue weighted by atomic mass is 16.5. The Kier molecular flexibility index (Phi) is 8.49. The Bertz CT molecular complexity index is 1400. The van der Waals surface area contributed by atoms with Gasteiger partial charge < -0.3 is 24.8 Å². The van der Waals surface area contributed by atoms with Gasteiger partial charge in [-0.05, 0) is 53.6 Å². The molecular weight excluding hydrogens is 508 g/mol. The first-order valence-corrected chi connectivity index (χ1v) is 13.1. The maximum absolute atomic E-state index is 12.9. The fraction of sp³-hybridized carbons (Fsp3) is 0.219. The molecule has 2 aliphatic rings. The molecule has 1 heterocycles. The second-order valence-corrected chi connectivity index (χ2v) is 9.72. The molecule has 3 aromatic rings. The average molecular weight is 539 g/mol. The second-order valence-electron chi connectivity index (χ2n) is 9.72. The van der Waals surface area contributed by atoms with Gasteiger partial charge in [-0.25, -0.2) is 0 Å². The van der Waals surface area contributed by atoms with Crippen LogP contribution in [0, 0.1) is 0 Å². The van der Waals surface area contributed by atoms with Gasteiger partial charge in [0.2, 0.25) is 11.7 Å². The molecule has 2 amide bonds. The Morgan fingerprint density at radius 1 is 0.900 bits per heavy atom. The molecule has 3 aromatic carbocycles. The molecule has 2 unspecified atom stereocenters. The van der Waals surface area contributed by atoms with E-state index in [-0.39, 0.29) is 36.6 Å². The predicted molar refractivity (Wildman–Crippen MR) is 148 cm³/mol. The molecule has 1 saturated heterocycles. The molecule has 0 bridgehead atoms. The minimum absolute atomic E-state index is 0.0695. The fourth-order valence-corrected chi connectivity index (χ4v) is 4.58. The molecular formula is C32H30N2O6. The van der Waals surface area contributed by atoms with Crippen molar-refractivity contribution in [2.45, 2.75) is 31.3 Å². The van der Waals surface area contributed by atoms with Crippen LogP contribution in [-0.2, 0) is 32.3 Å². The zero-order valence-corrected chi connectivity index (χ0v) is 21.9. The van der Waals surface area contributed by atoms with Gasteiger partial charge in [0, 0.05) is 12.0 Å². The van der Waals surface area contributed by atoms with Crippen LogP contribution in [0.1, 0.15) is 27.9 Å². The standard InChI is InChI=1S/C32H30N2O6/c35-29-15-16-32(17-26(21-40-32)33-30(36)22-38-19-23-7-3-1-4-8-23)18-28(29)34-31(37)25-11-13-27(14-12-25)39-20-24-9-5-2-6-10-24/h1-16,18,26H,17,19-22H2,(H,33,36)(H,34,37). The summed E-state index contributed by atoms with van der Waals surface area (Å²) in [6.07, 6.45) is 5.10. The summed E-state index contributed by atoms with van der Waals surface area (Å²) in [4.78, 5) is 37.8. The second kappa shape index (κ2) is 12.5. The SMILES string of the molecule is O=C(COCc1ccccc1)NC1COC2(C=CC(=O)C(NC(=O)c3ccc(OCc4ccccc4)cc3)=C2)C1. The Hall–Kier alpha value is -4.53. The van der Waals surface area contributed by atoms with E-state index < -0.39 is 11.5 Å². The molecule has 5 rings (SSSR count). The van der Waals surface area contributed by atoms with E-state index in [4.69, 9.17) is 14.2 Å². The van der Waals surface area contributed by atoms with Gasteiger partial charge >= 0.3 is 0 Å². The van der Waals surface area contributed by atoms with Gasteiger partial charge in [0.15, 0.2) is 0 Å². The highest BCUT2D eigenvalue weighted by Gasteiger charge is 2.40. The van der Waals surface area contributed by atoms with E-state index in [0.29, 0.717) is 30.9 Å². The summed E-state index contributed by atoms with van der Waals surface area (Å²) in [6, 6.07) is 25.9. The van der Waals surface area contributed by atoms with Gasteiger partial charge in [-0.1, -0.05) is 60.7 Å². The predicted octanol–water partition coefficient (Wildman–Crippen LogP) is 3.88. The van der Waals surface area contributed by atoms with Gasteiger partial charge in [0.05, 0.1) is 25.0 Å². The quantitative estimate of drug-likeness (QED) is 0.406. The van der Waals surface area contributed by atoms with E-state index >= 15 is 0 Å². The number of hydrogen-bond donors (Lipinski definition) is 2. The van der Waals surface area contributed by atoms with E-state index in [1.807, 2.05) is 60.7 Å². The van der Waals surface area contributed by atoms with Crippen molar-refractivity contribution in [1.82, 2.24) is 10.6 Å². The highest BCUT2D eigenvalue weighted by Crippen LogP contribution is 2.32. The van der Waals surface area contributed by atoms with Crippen LogP contribution in [0.25, 0.3) is 0 Å². The lowest BCUT2D eigenvalue weighted by atomic mass is 9.91. The van der Waals surface area contributed by atoms with Crippen LogP contribution in [0.5, 0.6) is 5.75 Å². The smallest absolute Gasteiger partial charge is 0.255 e. The van der Waals surface area contributed by atoms with Crippen LogP contribution in [0.15, 0.2) is 109 Å². The van der Waals surface area contributed by atoms with Crippen molar-refractivity contribution in [3.63, 3.8) is 0 Å². The van der Waals surface area contributed by atoms with Crippen LogP contribution < -0.4 is 15.4 Å². The van der Waals surface area contributed by atoms with Crippen LogP contribution in [0.2, 0.25) is 0 Å². The van der Waals surface area contributed by atoms with Gasteiger partial charge in [0.1, 0.15) is 24.6 Å². The van der Waals surface area contributed by atoms with Gasteiger partial charge in [-0.3, -0.25) is 14.4 Å². The molecule has 0 aromatic heterocycles. The normalized spacial score (nSPS) is 19.8. The zero-order valence-electron chi connectivity index (χ0n) is 21.9. The minimum Gasteiger partial charge on any atom is -0.489 e. The first kappa shape index (κ1) is 27.1. The summed E-state index contributed by atoms with van der Waals surface area (Å²) in [5.41, 5.74) is 1.66. The highest BCUT2D eigenvalue weighted by molar-refractivity contribution is 6.09. The molecule has 8 nitrogen and oxygen atoms in total. The van der Waals surface area contributed by atoms with Gasteiger partial charge in [-0.15, -0.1) is 0 Å². The third-order valence-corrected chi connectivity index (χ3v) is 6.61. The molecule has 1 spiro atoms. The van der Waals surface area contributed by atoms with E-state index in [2.05, 4.69) is 10.6 Å². The molecule has 0 saturated carbocycles. The number of ketones is 1. The average Bonchev–Trinajstić information content (AvgIpc) is 3.36. The van der Waals surface area contributed by atoms with Crippen LogP contribution >= 0.6 is 0 Å². The first-order valence-electron chi connectivity index (χ1n) is 13.1. The van der Waals surface area contributed by atoms with Crippen molar-refractivity contribution in [3.8, 4) is 5.75 Å². The lowest BCUT2D eigenvalue weighted by Crippen LogP contribution is -2.39. The molecule has 0 radical (unpaired) electrons. The van der Waals surface area contributed by atoms with E-state index in [1.165, 1.54) is 6.08 Å². The topological polar surface area (TPSA) is 103 Å². The van der Waals surface area contributed by atoms with E-state index in [1.54, 1.807) is 36.4 Å². The monoisotopic (exact) mass is 538 g/mol. The number of amides is 2. The number of rotatable bonds is 10. The molecule has 1 aliphatic heterocycles. The van der Waals surface area contributed by atoms with E-state index in [0.717, 1.165) is 11.1 Å². The zero-order chi connectivity index (χ0) is 27.8. The van der Waals surface area contributed by atoms with Crippen molar-refractivity contribution >= 4 is 17.6 Å². The van der Waals surface area contributed by atoms with Gasteiger partial charge in [-0.2, -0.15) is 0 Å². The molecule has 8 heteroatoms. The number of carbonyl (C=O) groups is 3. The summed E-state index contributed by atoms with van der Waals surface area (Å²) >= 11 is 0. The lowest BCUT2D eigenvalue weighted by molar-refractivity contribution is -0.126. The van der Waals surface area contributed by atoms with Crippen LogP contribution in [-0.4, -0.2) is 42.5 Å². The molecule has 40 heavy (non-hydrogen) atoms. The maximum Gasteiger partial charge on any atom is 0.255 e. The third kappa shape index (κ3) is 7.11. The van der Waals surface area contributed by atoms with Crippen LogP contribution in [0.4, 0.5) is 0 Å². The summed E-state index contributed by atoms with van der Waals surface area (Å²) < 4.78 is 17.3. The summed E-state index contributed by atoms with van der Waals surface area (Å²) in [7, 11) is 0. The van der Waals surface area contributed by atoms with Crippen molar-refractivity contribution < 1.29 is 28.6 Å². The number of nitrogens with one attached hydrogen (secondary N) is 2. The molecule has 204 valence electrons. The maximum atomic E-state index is 12.9. The van der Waals surface area contributed by atoms with Crippen molar-refractivity contribution in [1.29, 1.82) is 0 Å². The van der Waals surface area contributed by atoms with Crippen molar-refractivity contribution in [2.75, 3.05) is 13.2 Å². The Balaban J connectivity index is 1.12. The van der Waals surface area contributed by atoms with Crippen molar-refractivity contribution in [3.05, 3.63) is 126 Å². The number of carbonyl (C=O) groups excluding carboxylic acids is 3. The van der Waals surface area contributed by atoms with Gasteiger partial charge in [0.25, 0.3) is 5.91 Å². The Morgan fingerprint density at radius 2 is 1.57 bits per heavy atom. The Labute approximate surface area is 232 Å². The summed E-state index contributed by atoms with van der Waals surface area (Å²) in [6.45, 7) is 0.967. The number of allylic oxidation sites excluding steroid dienone is 1. The van der Waals surface area contributed by atoms with Crippen LogP contribution in [0.3, 0.4) is 0 Å². The first-order chi connectivity index (χ1) is 19.5. The lowest BCUT2D eigenvalue weighted by Gasteiger charge is -2.25. The molecule has 1 fully saturated rings. The molecule has 2 N–H and O–H groups in total. The number of hydrogen-bond acceptors (Lipinski definition) is 6. The summed E-state index contributed by atoms with van der Waals surface area (Å²) in [5.74, 6) is -0.357.